The molecule has 2 unspecified atom stereocenters. The average molecular weight is 586 g/mol. The molecule has 0 aromatic carbocycles. The van der Waals surface area contributed by atoms with E-state index in [0.717, 1.165) is 50.3 Å². The first kappa shape index (κ1) is 35.6. The van der Waals surface area contributed by atoms with E-state index < -0.39 is 0 Å². The maximum absolute atomic E-state index is 12.5. The van der Waals surface area contributed by atoms with Crippen LogP contribution in [0.4, 0.5) is 0 Å². The summed E-state index contributed by atoms with van der Waals surface area (Å²) in [6, 6.07) is 0.377. The third kappa shape index (κ3) is 6.78. The van der Waals surface area contributed by atoms with Gasteiger partial charge in [0.2, 0.25) is 11.8 Å². The number of nitrogens with zero attached hydrogens (tertiary/aromatic N) is 6. The molecule has 2 amide bonds. The number of hydrogen-bond acceptors (Lipinski definition) is 3. The molecule has 8 nitrogen and oxygen atoms in total. The summed E-state index contributed by atoms with van der Waals surface area (Å²) < 4.78 is 6.80. The first-order chi connectivity index (χ1) is 19.1. The molecule has 4 heterocycles. The van der Waals surface area contributed by atoms with Crippen molar-refractivity contribution in [3.63, 3.8) is 0 Å². The van der Waals surface area contributed by atoms with Crippen molar-refractivity contribution < 1.29 is 14.2 Å². The molecule has 0 radical (unpaired) electrons. The Morgan fingerprint density at radius 3 is 1.67 bits per heavy atom. The van der Waals surface area contributed by atoms with Gasteiger partial charge in [-0.05, 0) is 38.5 Å². The third-order valence-corrected chi connectivity index (χ3v) is 9.03. The standard InChI is InChI=1S/C17H30N3O.C16H27N3O.CH4/c1-11(2)15-13(5)18(6)16(19(15)7)14-9-8-10-20(14)17(21)12(3)4;1-10(2)14-12(5)17-15(18(14)6)13-8-7-9-19(13)16(20)11(3)4;/h11-12,14H,8-10H2,1-7H3;10-11,13H,7-9H2,1-6H3;1H4/q+1;;. The van der Waals surface area contributed by atoms with Gasteiger partial charge in [0.05, 0.1) is 25.8 Å². The van der Waals surface area contributed by atoms with Crippen molar-refractivity contribution in [3.8, 4) is 0 Å². The molecule has 8 heteroatoms. The van der Waals surface area contributed by atoms with Gasteiger partial charge < -0.3 is 14.4 Å². The van der Waals surface area contributed by atoms with Crippen LogP contribution in [0.2, 0.25) is 0 Å². The second-order valence-corrected chi connectivity index (χ2v) is 13.4. The highest BCUT2D eigenvalue weighted by molar-refractivity contribution is 5.79. The molecule has 238 valence electrons. The fraction of sp³-hybridized carbons (Fsp3) is 0.765. The minimum Gasteiger partial charge on any atom is -0.333 e. The summed E-state index contributed by atoms with van der Waals surface area (Å²) in [7, 11) is 6.36. The lowest BCUT2D eigenvalue weighted by Crippen LogP contribution is -2.43. The number of carbonyl (C=O) groups excluding carboxylic acids is 2. The van der Waals surface area contributed by atoms with Crippen LogP contribution < -0.4 is 4.57 Å². The second kappa shape index (κ2) is 14.2. The van der Waals surface area contributed by atoms with Crippen LogP contribution in [-0.4, -0.2) is 48.8 Å². The molecule has 2 fully saturated rings. The quantitative estimate of drug-likeness (QED) is 0.368. The summed E-state index contributed by atoms with van der Waals surface area (Å²) >= 11 is 0. The normalized spacial score (nSPS) is 18.8. The number of amides is 2. The maximum atomic E-state index is 12.5. The molecule has 4 rings (SSSR count). The molecule has 2 aromatic rings. The molecule has 0 N–H and O–H groups in total. The fourth-order valence-electron chi connectivity index (χ4n) is 7.22. The number of aromatic nitrogens is 4. The van der Waals surface area contributed by atoms with Gasteiger partial charge in [0, 0.05) is 50.5 Å². The van der Waals surface area contributed by atoms with Crippen molar-refractivity contribution in [2.24, 2.45) is 33.0 Å². The number of hydrogen-bond donors (Lipinski definition) is 0. The Balaban J connectivity index is 0.000000287. The predicted octanol–water partition coefficient (Wildman–Crippen LogP) is 6.41. The third-order valence-electron chi connectivity index (χ3n) is 9.03. The van der Waals surface area contributed by atoms with E-state index in [0.29, 0.717) is 11.8 Å². The van der Waals surface area contributed by atoms with Crippen LogP contribution in [0.5, 0.6) is 0 Å². The summed E-state index contributed by atoms with van der Waals surface area (Å²) in [4.78, 5) is 33.7. The van der Waals surface area contributed by atoms with Crippen LogP contribution in [0.1, 0.15) is 147 Å². The van der Waals surface area contributed by atoms with E-state index in [2.05, 4.69) is 81.3 Å². The van der Waals surface area contributed by atoms with Gasteiger partial charge in [-0.2, -0.15) is 0 Å². The van der Waals surface area contributed by atoms with Crippen LogP contribution in [0.25, 0.3) is 0 Å². The highest BCUT2D eigenvalue weighted by Crippen LogP contribution is 2.35. The monoisotopic (exact) mass is 585 g/mol. The molecule has 2 aliphatic rings. The fourth-order valence-corrected chi connectivity index (χ4v) is 7.22. The molecule has 42 heavy (non-hydrogen) atoms. The molecular formula is C34H61N6O2+. The zero-order valence-corrected chi connectivity index (χ0v) is 28.2. The Morgan fingerprint density at radius 2 is 1.26 bits per heavy atom. The zero-order valence-electron chi connectivity index (χ0n) is 28.2. The van der Waals surface area contributed by atoms with Crippen LogP contribution in [0.3, 0.4) is 0 Å². The maximum Gasteiger partial charge on any atom is 0.279 e. The molecular weight excluding hydrogens is 524 g/mol. The van der Waals surface area contributed by atoms with Gasteiger partial charge in [-0.25, -0.2) is 14.1 Å². The number of carbonyl (C=O) groups is 2. The Labute approximate surface area is 256 Å². The lowest BCUT2D eigenvalue weighted by molar-refractivity contribution is -0.689. The molecule has 0 spiro atoms. The smallest absolute Gasteiger partial charge is 0.279 e. The first-order valence-corrected chi connectivity index (χ1v) is 15.8. The van der Waals surface area contributed by atoms with Gasteiger partial charge in [-0.1, -0.05) is 62.8 Å². The highest BCUT2D eigenvalue weighted by atomic mass is 16.2. The molecule has 0 bridgehead atoms. The van der Waals surface area contributed by atoms with Gasteiger partial charge >= 0.3 is 0 Å². The minimum atomic E-state index is 0. The zero-order chi connectivity index (χ0) is 30.9. The summed E-state index contributed by atoms with van der Waals surface area (Å²) in [6.07, 6.45) is 4.28. The Bertz CT molecular complexity index is 1240. The van der Waals surface area contributed by atoms with Gasteiger partial charge in [-0.3, -0.25) is 9.59 Å². The minimum absolute atomic E-state index is 0. The van der Waals surface area contributed by atoms with Crippen molar-refractivity contribution in [1.82, 2.24) is 23.9 Å². The van der Waals surface area contributed by atoms with Crippen molar-refractivity contribution in [2.45, 2.75) is 126 Å². The summed E-state index contributed by atoms with van der Waals surface area (Å²) in [5.74, 6) is 3.92. The summed E-state index contributed by atoms with van der Waals surface area (Å²) in [5, 5.41) is 0. The van der Waals surface area contributed by atoms with Gasteiger partial charge in [0.15, 0.2) is 0 Å². The van der Waals surface area contributed by atoms with E-state index in [1.165, 1.54) is 22.9 Å². The number of likely N-dealkylation sites (tertiary alicyclic amines) is 2. The molecule has 2 saturated heterocycles. The number of rotatable bonds is 6. The van der Waals surface area contributed by atoms with Crippen LogP contribution in [-0.2, 0) is 30.7 Å². The lowest BCUT2D eigenvalue weighted by Gasteiger charge is -2.26. The van der Waals surface area contributed by atoms with E-state index in [-0.39, 0.29) is 43.2 Å². The van der Waals surface area contributed by atoms with E-state index in [1.807, 2.05) is 32.6 Å². The SMILES string of the molecule is C.Cc1c(C(C)C)[n+](C)c(C2CCCN2C(=O)C(C)C)n1C.Cc1nc(C2CCCN2C(=O)C(C)C)n(C)c1C(C)C. The van der Waals surface area contributed by atoms with Crippen LogP contribution >= 0.6 is 0 Å². The van der Waals surface area contributed by atoms with Crippen molar-refractivity contribution in [3.05, 3.63) is 34.4 Å². The number of aryl methyl sites for hydroxylation is 1. The van der Waals surface area contributed by atoms with Crippen LogP contribution in [0, 0.1) is 25.7 Å². The molecule has 2 aliphatic heterocycles. The largest absolute Gasteiger partial charge is 0.333 e. The Hall–Kier alpha value is -2.64. The van der Waals surface area contributed by atoms with Crippen molar-refractivity contribution in [1.29, 1.82) is 0 Å². The first-order valence-electron chi connectivity index (χ1n) is 15.8. The van der Waals surface area contributed by atoms with Crippen LogP contribution in [0.15, 0.2) is 0 Å². The van der Waals surface area contributed by atoms with Gasteiger partial charge in [0.25, 0.3) is 5.82 Å². The second-order valence-electron chi connectivity index (χ2n) is 13.4. The topological polar surface area (TPSA) is 67.2 Å². The molecule has 2 atom stereocenters. The molecule has 2 aromatic heterocycles. The summed E-state index contributed by atoms with van der Waals surface area (Å²) in [5.41, 5.74) is 5.06. The number of imidazole rings is 2. The van der Waals surface area contributed by atoms with E-state index in [4.69, 9.17) is 4.98 Å². The molecule has 0 aliphatic carbocycles. The van der Waals surface area contributed by atoms with Crippen molar-refractivity contribution in [2.75, 3.05) is 13.1 Å². The summed E-state index contributed by atoms with van der Waals surface area (Å²) in [6.45, 7) is 22.8. The highest BCUT2D eigenvalue weighted by Gasteiger charge is 2.40. The van der Waals surface area contributed by atoms with Gasteiger partial charge in [0.1, 0.15) is 23.3 Å². The van der Waals surface area contributed by atoms with Crippen molar-refractivity contribution >= 4 is 11.8 Å². The molecule has 0 saturated carbocycles. The van der Waals surface area contributed by atoms with E-state index in [9.17, 15) is 9.59 Å². The van der Waals surface area contributed by atoms with E-state index >= 15 is 0 Å². The lowest BCUT2D eigenvalue weighted by atomic mass is 10.1. The Kier molecular flexibility index (Phi) is 12.0. The van der Waals surface area contributed by atoms with E-state index in [1.54, 1.807) is 0 Å². The Morgan fingerprint density at radius 1 is 0.786 bits per heavy atom. The van der Waals surface area contributed by atoms with Gasteiger partial charge in [-0.15, -0.1) is 0 Å². The average Bonchev–Trinajstić information content (AvgIpc) is 3.65. The predicted molar refractivity (Wildman–Crippen MR) is 171 cm³/mol.